The molecule has 1 fully saturated rings. The molecule has 16 heavy (non-hydrogen) atoms. The summed E-state index contributed by atoms with van der Waals surface area (Å²) in [6, 6.07) is 6.28. The molecule has 0 unspecified atom stereocenters. The van der Waals surface area contributed by atoms with Gasteiger partial charge in [-0.05, 0) is 31.1 Å². The van der Waals surface area contributed by atoms with E-state index in [0.717, 1.165) is 32.0 Å². The Morgan fingerprint density at radius 2 is 1.88 bits per heavy atom. The van der Waals surface area contributed by atoms with Crippen molar-refractivity contribution in [3.05, 3.63) is 23.9 Å². The maximum absolute atomic E-state index is 5.15. The molecule has 0 amide bonds. The average Bonchev–Trinajstić information content (AvgIpc) is 2.30. The Morgan fingerprint density at radius 3 is 2.50 bits per heavy atom. The molecule has 1 saturated heterocycles. The standard InChI is InChI=1S/C12H18N3S/c1-10(2)11-4-3-5-12(13-11)14-6-8-15(16)9-7-14/h3-5,10H,6-9H2,1-2H3/q-1. The van der Waals surface area contributed by atoms with Crippen LogP contribution in [0.4, 0.5) is 5.82 Å². The number of hydrogen-bond donors (Lipinski definition) is 0. The van der Waals surface area contributed by atoms with Crippen LogP contribution in [0.25, 0.3) is 0 Å². The third-order valence-corrected chi connectivity index (χ3v) is 3.28. The molecule has 0 N–H and O–H groups in total. The Labute approximate surface area is 103 Å². The van der Waals surface area contributed by atoms with E-state index in [1.54, 1.807) is 0 Å². The summed E-state index contributed by atoms with van der Waals surface area (Å²) in [4.78, 5) is 7.01. The molecule has 1 aliphatic rings. The van der Waals surface area contributed by atoms with Crippen molar-refractivity contribution >= 4 is 18.6 Å². The molecule has 1 aromatic heterocycles. The summed E-state index contributed by atoms with van der Waals surface area (Å²) in [5, 5.41) is 0. The number of piperazine rings is 1. The maximum Gasteiger partial charge on any atom is 0.128 e. The summed E-state index contributed by atoms with van der Waals surface area (Å²) in [6.07, 6.45) is 0. The smallest absolute Gasteiger partial charge is 0.128 e. The van der Waals surface area contributed by atoms with Crippen LogP contribution in [0.3, 0.4) is 0 Å². The molecule has 2 rings (SSSR count). The van der Waals surface area contributed by atoms with E-state index in [0.29, 0.717) is 5.92 Å². The predicted octanol–water partition coefficient (Wildman–Crippen LogP) is 1.79. The lowest BCUT2D eigenvalue weighted by molar-refractivity contribution is 0.431. The summed E-state index contributed by atoms with van der Waals surface area (Å²) < 4.78 is 1.95. The van der Waals surface area contributed by atoms with Gasteiger partial charge >= 0.3 is 0 Å². The summed E-state index contributed by atoms with van der Waals surface area (Å²) in [7, 11) is 0. The van der Waals surface area contributed by atoms with E-state index in [-0.39, 0.29) is 0 Å². The van der Waals surface area contributed by atoms with Gasteiger partial charge in [0.1, 0.15) is 5.82 Å². The Bertz CT molecular complexity index is 346. The van der Waals surface area contributed by atoms with Crippen molar-refractivity contribution in [3.63, 3.8) is 0 Å². The van der Waals surface area contributed by atoms with Crippen LogP contribution in [0.15, 0.2) is 18.2 Å². The first kappa shape index (κ1) is 11.7. The largest absolute Gasteiger partial charge is 0.702 e. The van der Waals surface area contributed by atoms with Gasteiger partial charge in [0.05, 0.1) is 0 Å². The highest BCUT2D eigenvalue weighted by atomic mass is 32.1. The van der Waals surface area contributed by atoms with Crippen molar-refractivity contribution < 1.29 is 0 Å². The fraction of sp³-hybridized carbons (Fsp3) is 0.583. The van der Waals surface area contributed by atoms with E-state index in [1.165, 1.54) is 5.69 Å². The first-order valence-corrected chi connectivity index (χ1v) is 6.17. The molecular formula is C12H18N3S-. The normalized spacial score (nSPS) is 18.1. The molecule has 0 aromatic carbocycles. The Hall–Kier alpha value is -0.740. The highest BCUT2D eigenvalue weighted by molar-refractivity contribution is 7.55. The number of aromatic nitrogens is 1. The van der Waals surface area contributed by atoms with Gasteiger partial charge in [0.25, 0.3) is 0 Å². The first-order valence-electron chi connectivity index (χ1n) is 5.81. The van der Waals surface area contributed by atoms with Gasteiger partial charge in [-0.25, -0.2) is 4.98 Å². The zero-order chi connectivity index (χ0) is 11.5. The molecule has 0 radical (unpaired) electrons. The van der Waals surface area contributed by atoms with Crippen LogP contribution in [0, 0.1) is 0 Å². The number of hydrogen-bond acceptors (Lipinski definition) is 4. The van der Waals surface area contributed by atoms with Crippen molar-refractivity contribution in [2.75, 3.05) is 31.1 Å². The molecule has 2 heterocycles. The first-order chi connectivity index (χ1) is 7.66. The van der Waals surface area contributed by atoms with Gasteiger partial charge in [-0.1, -0.05) is 19.9 Å². The van der Waals surface area contributed by atoms with Crippen molar-refractivity contribution in [1.29, 1.82) is 0 Å². The zero-order valence-corrected chi connectivity index (χ0v) is 10.7. The van der Waals surface area contributed by atoms with Crippen LogP contribution in [-0.4, -0.2) is 35.5 Å². The number of anilines is 1. The third kappa shape index (κ3) is 2.68. The Morgan fingerprint density at radius 1 is 1.19 bits per heavy atom. The van der Waals surface area contributed by atoms with Crippen molar-refractivity contribution in [2.45, 2.75) is 19.8 Å². The van der Waals surface area contributed by atoms with Gasteiger partial charge in [0, 0.05) is 18.8 Å². The third-order valence-electron chi connectivity index (χ3n) is 2.91. The monoisotopic (exact) mass is 236 g/mol. The average molecular weight is 236 g/mol. The van der Waals surface area contributed by atoms with E-state index in [1.807, 2.05) is 4.31 Å². The lowest BCUT2D eigenvalue weighted by Crippen LogP contribution is -2.44. The van der Waals surface area contributed by atoms with Crippen molar-refractivity contribution in [2.24, 2.45) is 0 Å². The van der Waals surface area contributed by atoms with Crippen LogP contribution in [0.1, 0.15) is 25.5 Å². The molecule has 0 bridgehead atoms. The van der Waals surface area contributed by atoms with E-state index in [2.05, 4.69) is 36.9 Å². The van der Waals surface area contributed by atoms with E-state index < -0.39 is 0 Å². The SMILES string of the molecule is CC(C)c1cccc(N2CCN([S-])CC2)n1. The minimum absolute atomic E-state index is 0.486. The molecule has 1 aromatic rings. The van der Waals surface area contributed by atoms with Gasteiger partial charge in [0.15, 0.2) is 0 Å². The fourth-order valence-electron chi connectivity index (χ4n) is 1.85. The second-order valence-corrected chi connectivity index (χ2v) is 5.01. The highest BCUT2D eigenvalue weighted by Gasteiger charge is 2.13. The van der Waals surface area contributed by atoms with Gasteiger partial charge < -0.3 is 22.0 Å². The zero-order valence-electron chi connectivity index (χ0n) is 9.89. The molecule has 0 aliphatic carbocycles. The number of rotatable bonds is 2. The van der Waals surface area contributed by atoms with Gasteiger partial charge in [-0.2, -0.15) is 0 Å². The lowest BCUT2D eigenvalue weighted by atomic mass is 10.1. The predicted molar refractivity (Wildman–Crippen MR) is 69.5 cm³/mol. The quantitative estimate of drug-likeness (QED) is 0.729. The van der Waals surface area contributed by atoms with Crippen LogP contribution < -0.4 is 4.90 Å². The molecule has 3 nitrogen and oxygen atoms in total. The van der Waals surface area contributed by atoms with Crippen LogP contribution in [0.2, 0.25) is 0 Å². The highest BCUT2D eigenvalue weighted by Crippen LogP contribution is 2.18. The minimum atomic E-state index is 0.486. The fourth-order valence-corrected chi connectivity index (χ4v) is 2.02. The molecule has 4 heteroatoms. The summed E-state index contributed by atoms with van der Waals surface area (Å²) >= 11 is 5.15. The van der Waals surface area contributed by atoms with Gasteiger partial charge in [-0.15, -0.1) is 0 Å². The van der Waals surface area contributed by atoms with Gasteiger partial charge in [0.2, 0.25) is 0 Å². The molecule has 0 spiro atoms. The van der Waals surface area contributed by atoms with Crippen molar-refractivity contribution in [3.8, 4) is 0 Å². The van der Waals surface area contributed by atoms with Crippen LogP contribution in [0.5, 0.6) is 0 Å². The van der Waals surface area contributed by atoms with Crippen LogP contribution in [-0.2, 0) is 12.8 Å². The van der Waals surface area contributed by atoms with Crippen molar-refractivity contribution in [1.82, 2.24) is 9.29 Å². The Kier molecular flexibility index (Phi) is 3.71. The molecule has 0 saturated carbocycles. The van der Waals surface area contributed by atoms with Gasteiger partial charge in [-0.3, -0.25) is 0 Å². The summed E-state index contributed by atoms with van der Waals surface area (Å²) in [5.74, 6) is 1.58. The number of nitrogens with zero attached hydrogens (tertiary/aromatic N) is 3. The second-order valence-electron chi connectivity index (χ2n) is 4.49. The van der Waals surface area contributed by atoms with Crippen LogP contribution >= 0.6 is 0 Å². The summed E-state index contributed by atoms with van der Waals surface area (Å²) in [5.41, 5.74) is 1.17. The van der Waals surface area contributed by atoms with E-state index >= 15 is 0 Å². The summed E-state index contributed by atoms with van der Waals surface area (Å²) in [6.45, 7) is 8.21. The Balaban J connectivity index is 2.11. The molecule has 88 valence electrons. The number of pyridine rings is 1. The second kappa shape index (κ2) is 5.06. The molecule has 1 aliphatic heterocycles. The maximum atomic E-state index is 5.15. The topological polar surface area (TPSA) is 19.4 Å². The molecular weight excluding hydrogens is 218 g/mol. The van der Waals surface area contributed by atoms with E-state index in [4.69, 9.17) is 17.8 Å². The van der Waals surface area contributed by atoms with E-state index in [9.17, 15) is 0 Å². The molecule has 0 atom stereocenters. The lowest BCUT2D eigenvalue weighted by Gasteiger charge is -2.40. The minimum Gasteiger partial charge on any atom is -0.702 e.